The summed E-state index contributed by atoms with van der Waals surface area (Å²) in [5, 5.41) is 4.96. The zero-order valence-electron chi connectivity index (χ0n) is 21.0. The number of aromatic nitrogens is 1. The average molecular weight is 501 g/mol. The minimum Gasteiger partial charge on any atom is -0.373 e. The Bertz CT molecular complexity index is 1350. The van der Waals surface area contributed by atoms with E-state index in [4.69, 9.17) is 16.3 Å². The molecule has 2 heterocycles. The summed E-state index contributed by atoms with van der Waals surface area (Å²) in [4.78, 5) is 13.3. The van der Waals surface area contributed by atoms with Gasteiger partial charge in [0.05, 0.1) is 5.60 Å². The van der Waals surface area contributed by atoms with Crippen molar-refractivity contribution in [3.05, 3.63) is 106 Å². The number of benzene rings is 3. The molecule has 1 aliphatic rings. The van der Waals surface area contributed by atoms with Gasteiger partial charge in [0, 0.05) is 54.2 Å². The van der Waals surface area contributed by atoms with Crippen LogP contribution in [0.15, 0.2) is 79.0 Å². The largest absolute Gasteiger partial charge is 0.373 e. The van der Waals surface area contributed by atoms with Crippen LogP contribution in [0, 0.1) is 6.92 Å². The summed E-state index contributed by atoms with van der Waals surface area (Å²) < 4.78 is 8.15. The van der Waals surface area contributed by atoms with Gasteiger partial charge >= 0.3 is 0 Å². The number of rotatable bonds is 8. The Labute approximate surface area is 218 Å². The zero-order valence-corrected chi connectivity index (χ0v) is 21.7. The third kappa shape index (κ3) is 5.35. The van der Waals surface area contributed by atoms with Gasteiger partial charge in [-0.05, 0) is 55.5 Å². The summed E-state index contributed by atoms with van der Waals surface area (Å²) in [5.74, 6) is -0.160. The normalized spacial score (nSPS) is 18.4. The van der Waals surface area contributed by atoms with Crippen LogP contribution in [0.25, 0.3) is 10.9 Å². The van der Waals surface area contributed by atoms with Crippen LogP contribution in [-0.4, -0.2) is 29.2 Å². The lowest BCUT2D eigenvalue weighted by atomic mass is 9.88. The molecule has 1 fully saturated rings. The molecule has 0 bridgehead atoms. The van der Waals surface area contributed by atoms with E-state index in [1.807, 2.05) is 24.3 Å². The maximum atomic E-state index is 13.3. The number of halogens is 1. The van der Waals surface area contributed by atoms with Crippen molar-refractivity contribution in [2.24, 2.45) is 0 Å². The van der Waals surface area contributed by atoms with Gasteiger partial charge in [0.25, 0.3) is 0 Å². The van der Waals surface area contributed by atoms with Crippen molar-refractivity contribution < 1.29 is 9.53 Å². The third-order valence-electron chi connectivity index (χ3n) is 7.30. The van der Waals surface area contributed by atoms with Crippen LogP contribution in [0.5, 0.6) is 0 Å². The SMILES string of the molecule is Cc1ccc(Cn2cc(C(CC(=O)NCC3(C)CCCO3)c3ccccc3Cl)c3ccccc32)cc1. The highest BCUT2D eigenvalue weighted by Crippen LogP contribution is 2.38. The van der Waals surface area contributed by atoms with Crippen molar-refractivity contribution in [1.29, 1.82) is 0 Å². The van der Waals surface area contributed by atoms with Gasteiger partial charge in [-0.25, -0.2) is 0 Å². The molecular weight excluding hydrogens is 468 g/mol. The topological polar surface area (TPSA) is 43.3 Å². The molecule has 1 aliphatic heterocycles. The Morgan fingerprint density at radius 1 is 1.06 bits per heavy atom. The van der Waals surface area contributed by atoms with Crippen LogP contribution in [0.4, 0.5) is 0 Å². The number of carbonyl (C=O) groups is 1. The molecule has 0 spiro atoms. The number of ether oxygens (including phenoxy) is 1. The fourth-order valence-corrected chi connectivity index (χ4v) is 5.51. The molecule has 0 aliphatic carbocycles. The molecule has 3 aromatic carbocycles. The molecule has 186 valence electrons. The van der Waals surface area contributed by atoms with Gasteiger partial charge in [-0.15, -0.1) is 0 Å². The first-order chi connectivity index (χ1) is 17.4. The Hall–Kier alpha value is -3.08. The van der Waals surface area contributed by atoms with E-state index in [1.165, 1.54) is 11.1 Å². The molecule has 0 radical (unpaired) electrons. The van der Waals surface area contributed by atoms with Crippen molar-refractivity contribution in [3.63, 3.8) is 0 Å². The summed E-state index contributed by atoms with van der Waals surface area (Å²) >= 11 is 6.70. The quantitative estimate of drug-likeness (QED) is 0.287. The highest BCUT2D eigenvalue weighted by atomic mass is 35.5. The average Bonchev–Trinajstić information content (AvgIpc) is 3.48. The van der Waals surface area contributed by atoms with Gasteiger partial charge in [-0.1, -0.05) is 77.8 Å². The van der Waals surface area contributed by atoms with E-state index < -0.39 is 0 Å². The molecule has 5 rings (SSSR count). The molecule has 1 saturated heterocycles. The summed E-state index contributed by atoms with van der Waals surface area (Å²) in [6.45, 7) is 6.22. The smallest absolute Gasteiger partial charge is 0.221 e. The maximum absolute atomic E-state index is 13.3. The Morgan fingerprint density at radius 2 is 1.81 bits per heavy atom. The predicted octanol–water partition coefficient (Wildman–Crippen LogP) is 6.86. The second-order valence-corrected chi connectivity index (χ2v) is 10.6. The van der Waals surface area contributed by atoms with Crippen molar-refractivity contribution >= 4 is 28.4 Å². The van der Waals surface area contributed by atoms with Crippen LogP contribution in [0.3, 0.4) is 0 Å². The van der Waals surface area contributed by atoms with E-state index in [1.54, 1.807) is 0 Å². The van der Waals surface area contributed by atoms with Crippen LogP contribution < -0.4 is 5.32 Å². The van der Waals surface area contributed by atoms with Gasteiger partial charge in [0.1, 0.15) is 0 Å². The van der Waals surface area contributed by atoms with Crippen molar-refractivity contribution in [2.75, 3.05) is 13.2 Å². The van der Waals surface area contributed by atoms with E-state index in [0.717, 1.165) is 48.0 Å². The zero-order chi connectivity index (χ0) is 25.1. The lowest BCUT2D eigenvalue weighted by molar-refractivity contribution is -0.122. The van der Waals surface area contributed by atoms with Gasteiger partial charge < -0.3 is 14.6 Å². The van der Waals surface area contributed by atoms with E-state index in [2.05, 4.69) is 78.5 Å². The Kier molecular flexibility index (Phi) is 7.17. The van der Waals surface area contributed by atoms with Crippen molar-refractivity contribution in [1.82, 2.24) is 9.88 Å². The highest BCUT2D eigenvalue weighted by Gasteiger charge is 2.31. The lowest BCUT2D eigenvalue weighted by Crippen LogP contribution is -2.40. The van der Waals surface area contributed by atoms with E-state index in [9.17, 15) is 4.79 Å². The minimum atomic E-state index is -0.278. The first-order valence-corrected chi connectivity index (χ1v) is 13.1. The van der Waals surface area contributed by atoms with Gasteiger partial charge in [-0.3, -0.25) is 4.79 Å². The molecule has 2 unspecified atom stereocenters. The summed E-state index contributed by atoms with van der Waals surface area (Å²) in [7, 11) is 0. The van der Waals surface area contributed by atoms with Gasteiger partial charge in [0.2, 0.25) is 5.91 Å². The van der Waals surface area contributed by atoms with E-state index in [-0.39, 0.29) is 17.4 Å². The van der Waals surface area contributed by atoms with Crippen LogP contribution in [0.1, 0.15) is 54.4 Å². The fourth-order valence-electron chi connectivity index (χ4n) is 5.24. The third-order valence-corrected chi connectivity index (χ3v) is 7.64. The predicted molar refractivity (Wildman–Crippen MR) is 147 cm³/mol. The molecule has 2 atom stereocenters. The van der Waals surface area contributed by atoms with E-state index in [0.29, 0.717) is 18.0 Å². The number of fused-ring (bicyclic) bond motifs is 1. The second kappa shape index (κ2) is 10.5. The van der Waals surface area contributed by atoms with Crippen LogP contribution in [0.2, 0.25) is 5.02 Å². The minimum absolute atomic E-state index is 0.00649. The maximum Gasteiger partial charge on any atom is 0.221 e. The Balaban J connectivity index is 1.49. The number of nitrogens with one attached hydrogen (secondary N) is 1. The number of carbonyl (C=O) groups excluding carboxylic acids is 1. The van der Waals surface area contributed by atoms with Crippen LogP contribution in [-0.2, 0) is 16.1 Å². The first kappa shape index (κ1) is 24.6. The molecular formula is C31H33ClN2O2. The molecule has 4 aromatic rings. The van der Waals surface area contributed by atoms with Crippen molar-refractivity contribution in [2.45, 2.75) is 51.2 Å². The molecule has 1 N–H and O–H groups in total. The standard InChI is InChI=1S/C31H33ClN2O2/c1-22-12-14-23(15-13-22)19-34-20-27(25-9-4-6-11-29(25)34)26(24-8-3-5-10-28(24)32)18-30(35)33-21-31(2)16-7-17-36-31/h3-6,8-15,20,26H,7,16-19,21H2,1-2H3,(H,33,35). The fraction of sp³-hybridized carbons (Fsp3) is 0.323. The molecule has 1 aromatic heterocycles. The summed E-state index contributed by atoms with van der Waals surface area (Å²) in [6, 6.07) is 24.9. The number of nitrogens with zero attached hydrogens (tertiary/aromatic N) is 1. The number of para-hydroxylation sites is 1. The molecule has 5 heteroatoms. The molecule has 0 saturated carbocycles. The number of hydrogen-bond donors (Lipinski definition) is 1. The molecule has 36 heavy (non-hydrogen) atoms. The van der Waals surface area contributed by atoms with Gasteiger partial charge in [-0.2, -0.15) is 0 Å². The number of amides is 1. The monoisotopic (exact) mass is 500 g/mol. The Morgan fingerprint density at radius 3 is 2.56 bits per heavy atom. The number of hydrogen-bond acceptors (Lipinski definition) is 2. The highest BCUT2D eigenvalue weighted by molar-refractivity contribution is 6.31. The second-order valence-electron chi connectivity index (χ2n) is 10.2. The van der Waals surface area contributed by atoms with Crippen molar-refractivity contribution in [3.8, 4) is 0 Å². The van der Waals surface area contributed by atoms with Crippen LogP contribution >= 0.6 is 11.6 Å². The number of aryl methyl sites for hydroxylation is 1. The summed E-state index contributed by atoms with van der Waals surface area (Å²) in [6.07, 6.45) is 4.52. The summed E-state index contributed by atoms with van der Waals surface area (Å²) in [5.41, 5.74) is 5.44. The molecule has 1 amide bonds. The lowest BCUT2D eigenvalue weighted by Gasteiger charge is -2.24. The van der Waals surface area contributed by atoms with Gasteiger partial charge in [0.15, 0.2) is 0 Å². The first-order valence-electron chi connectivity index (χ1n) is 12.7. The van der Waals surface area contributed by atoms with E-state index >= 15 is 0 Å². The molecule has 4 nitrogen and oxygen atoms in total.